The predicted molar refractivity (Wildman–Crippen MR) is 173 cm³/mol. The Morgan fingerprint density at radius 2 is 1.48 bits per heavy atom. The number of nitro benzene ring substituents is 1. The maximum atomic E-state index is 14.4. The highest BCUT2D eigenvalue weighted by molar-refractivity contribution is 7.92. The molecule has 4 aromatic carbocycles. The lowest BCUT2D eigenvalue weighted by Crippen LogP contribution is -2.56. The Balaban J connectivity index is 1.84. The van der Waals surface area contributed by atoms with Gasteiger partial charge < -0.3 is 10.2 Å². The van der Waals surface area contributed by atoms with Crippen LogP contribution in [0, 0.1) is 15.9 Å². The van der Waals surface area contributed by atoms with E-state index < -0.39 is 50.7 Å². The molecule has 1 N–H and O–H groups in total. The van der Waals surface area contributed by atoms with E-state index in [1.54, 1.807) is 39.0 Å². The third kappa shape index (κ3) is 8.75. The van der Waals surface area contributed by atoms with E-state index >= 15 is 0 Å². The second kappa shape index (κ2) is 14.3. The molecule has 0 aliphatic heterocycles. The summed E-state index contributed by atoms with van der Waals surface area (Å²) in [5.41, 5.74) is 0.118. The minimum atomic E-state index is -4.42. The van der Waals surface area contributed by atoms with Gasteiger partial charge in [-0.15, -0.1) is 0 Å². The number of halogens is 1. The zero-order chi connectivity index (χ0) is 33.5. The van der Waals surface area contributed by atoms with E-state index in [2.05, 4.69) is 5.32 Å². The van der Waals surface area contributed by atoms with Gasteiger partial charge in [-0.05, 0) is 62.2 Å². The standard InChI is InChI=1S/C34H35FN4O6S/c1-34(2,3)36-33(41)31(21-25-11-6-4-7-12-25)37(23-26-17-19-27(35)20-18-26)32(40)24-38(28-13-10-14-29(22-28)39(42)43)46(44,45)30-15-8-5-9-16-30/h4-20,22,31H,21,23-24H2,1-3H3,(H,36,41). The van der Waals surface area contributed by atoms with Crippen molar-refractivity contribution in [3.05, 3.63) is 136 Å². The van der Waals surface area contributed by atoms with Gasteiger partial charge in [0.05, 0.1) is 15.5 Å². The summed E-state index contributed by atoms with van der Waals surface area (Å²) in [5.74, 6) is -1.71. The maximum absolute atomic E-state index is 14.4. The van der Waals surface area contributed by atoms with Gasteiger partial charge in [0.15, 0.2) is 0 Å². The van der Waals surface area contributed by atoms with Crippen molar-refractivity contribution in [1.82, 2.24) is 10.2 Å². The molecule has 0 saturated carbocycles. The molecule has 4 aromatic rings. The summed E-state index contributed by atoms with van der Waals surface area (Å²) in [6, 6.07) is 25.7. The molecule has 0 aromatic heterocycles. The summed E-state index contributed by atoms with van der Waals surface area (Å²) in [6.45, 7) is 4.46. The van der Waals surface area contributed by atoms with Crippen LogP contribution in [0.3, 0.4) is 0 Å². The number of non-ortho nitro benzene ring substituents is 1. The lowest BCUT2D eigenvalue weighted by Gasteiger charge is -2.35. The Labute approximate surface area is 267 Å². The molecule has 0 radical (unpaired) electrons. The van der Waals surface area contributed by atoms with Crippen LogP contribution < -0.4 is 9.62 Å². The third-order valence-electron chi connectivity index (χ3n) is 6.97. The van der Waals surface area contributed by atoms with E-state index in [9.17, 15) is 32.5 Å². The third-order valence-corrected chi connectivity index (χ3v) is 8.76. The second-order valence-corrected chi connectivity index (χ2v) is 13.6. The smallest absolute Gasteiger partial charge is 0.271 e. The number of sulfonamides is 1. The van der Waals surface area contributed by atoms with Crippen LogP contribution in [0.2, 0.25) is 0 Å². The van der Waals surface area contributed by atoms with Crippen molar-refractivity contribution in [2.75, 3.05) is 10.8 Å². The molecule has 0 saturated heterocycles. The van der Waals surface area contributed by atoms with Gasteiger partial charge in [0.2, 0.25) is 11.8 Å². The summed E-state index contributed by atoms with van der Waals surface area (Å²) >= 11 is 0. The molecule has 0 spiro atoms. The zero-order valence-electron chi connectivity index (χ0n) is 25.7. The number of carbonyl (C=O) groups excluding carboxylic acids is 2. The van der Waals surface area contributed by atoms with Crippen LogP contribution in [0.4, 0.5) is 15.8 Å². The number of nitrogens with one attached hydrogen (secondary N) is 1. The van der Waals surface area contributed by atoms with Gasteiger partial charge in [-0.3, -0.25) is 24.0 Å². The van der Waals surface area contributed by atoms with Crippen LogP contribution in [-0.4, -0.2) is 48.2 Å². The first kappa shape index (κ1) is 33.8. The first-order chi connectivity index (χ1) is 21.7. The van der Waals surface area contributed by atoms with Gasteiger partial charge in [-0.25, -0.2) is 12.8 Å². The van der Waals surface area contributed by atoms with E-state index in [1.807, 2.05) is 18.2 Å². The number of hydrogen-bond acceptors (Lipinski definition) is 6. The van der Waals surface area contributed by atoms with Gasteiger partial charge in [0.25, 0.3) is 15.7 Å². The Morgan fingerprint density at radius 3 is 2.07 bits per heavy atom. The number of amides is 2. The SMILES string of the molecule is CC(C)(C)NC(=O)C(Cc1ccccc1)N(Cc1ccc(F)cc1)C(=O)CN(c1cccc([N+](=O)[O-])c1)S(=O)(=O)c1ccccc1. The van der Waals surface area contributed by atoms with E-state index in [-0.39, 0.29) is 29.2 Å². The minimum absolute atomic E-state index is 0.0952. The molecule has 10 nitrogen and oxygen atoms in total. The van der Waals surface area contributed by atoms with E-state index in [1.165, 1.54) is 71.6 Å². The fourth-order valence-electron chi connectivity index (χ4n) is 4.80. The van der Waals surface area contributed by atoms with Crippen molar-refractivity contribution in [2.45, 2.75) is 50.2 Å². The first-order valence-corrected chi connectivity index (χ1v) is 15.9. The van der Waals surface area contributed by atoms with Crippen molar-refractivity contribution in [2.24, 2.45) is 0 Å². The number of carbonyl (C=O) groups is 2. The predicted octanol–water partition coefficient (Wildman–Crippen LogP) is 5.48. The molecule has 0 bridgehead atoms. The van der Waals surface area contributed by atoms with Crippen LogP contribution in [0.5, 0.6) is 0 Å². The molecule has 240 valence electrons. The van der Waals surface area contributed by atoms with Crippen LogP contribution in [0.1, 0.15) is 31.9 Å². The molecule has 2 amide bonds. The van der Waals surface area contributed by atoms with Crippen molar-refractivity contribution in [3.8, 4) is 0 Å². The monoisotopic (exact) mass is 646 g/mol. The van der Waals surface area contributed by atoms with Gasteiger partial charge in [-0.1, -0.05) is 66.7 Å². The van der Waals surface area contributed by atoms with Gasteiger partial charge >= 0.3 is 0 Å². The van der Waals surface area contributed by atoms with Crippen molar-refractivity contribution >= 4 is 33.2 Å². The zero-order valence-corrected chi connectivity index (χ0v) is 26.5. The van der Waals surface area contributed by atoms with Crippen LogP contribution in [0.15, 0.2) is 114 Å². The van der Waals surface area contributed by atoms with Crippen LogP contribution in [0.25, 0.3) is 0 Å². The Morgan fingerprint density at radius 1 is 0.870 bits per heavy atom. The molecule has 0 aliphatic carbocycles. The molecule has 0 heterocycles. The topological polar surface area (TPSA) is 130 Å². The molecule has 1 atom stereocenters. The summed E-state index contributed by atoms with van der Waals surface area (Å²) in [6.07, 6.45) is 0.0952. The summed E-state index contributed by atoms with van der Waals surface area (Å²) < 4.78 is 42.6. The molecule has 0 aliphatic rings. The Hall–Kier alpha value is -5.10. The largest absolute Gasteiger partial charge is 0.350 e. The summed E-state index contributed by atoms with van der Waals surface area (Å²) in [5, 5.41) is 14.5. The highest BCUT2D eigenvalue weighted by Crippen LogP contribution is 2.28. The van der Waals surface area contributed by atoms with Gasteiger partial charge in [0, 0.05) is 30.6 Å². The normalized spacial score (nSPS) is 12.2. The molecule has 46 heavy (non-hydrogen) atoms. The maximum Gasteiger partial charge on any atom is 0.271 e. The number of benzene rings is 4. The fraction of sp³-hybridized carbons (Fsp3) is 0.235. The second-order valence-electron chi connectivity index (χ2n) is 11.7. The molecule has 0 fully saturated rings. The average Bonchev–Trinajstić information content (AvgIpc) is 3.02. The van der Waals surface area contributed by atoms with Crippen molar-refractivity contribution < 1.29 is 27.3 Å². The highest BCUT2D eigenvalue weighted by atomic mass is 32.2. The molecular weight excluding hydrogens is 611 g/mol. The molecule has 12 heteroatoms. The van der Waals surface area contributed by atoms with Crippen molar-refractivity contribution in [3.63, 3.8) is 0 Å². The number of hydrogen-bond donors (Lipinski definition) is 1. The van der Waals surface area contributed by atoms with E-state index in [4.69, 9.17) is 0 Å². The van der Waals surface area contributed by atoms with Crippen LogP contribution >= 0.6 is 0 Å². The van der Waals surface area contributed by atoms with Crippen LogP contribution in [-0.2, 0) is 32.6 Å². The quantitative estimate of drug-likeness (QED) is 0.160. The number of anilines is 1. The van der Waals surface area contributed by atoms with Gasteiger partial charge in [0.1, 0.15) is 18.4 Å². The first-order valence-electron chi connectivity index (χ1n) is 14.5. The average molecular weight is 647 g/mol. The molecule has 1 unspecified atom stereocenters. The lowest BCUT2D eigenvalue weighted by atomic mass is 10.0. The molecule has 4 rings (SSSR count). The summed E-state index contributed by atoms with van der Waals surface area (Å²) in [4.78, 5) is 40.4. The van der Waals surface area contributed by atoms with E-state index in [0.29, 0.717) is 5.56 Å². The fourth-order valence-corrected chi connectivity index (χ4v) is 6.23. The highest BCUT2D eigenvalue weighted by Gasteiger charge is 2.36. The summed E-state index contributed by atoms with van der Waals surface area (Å²) in [7, 11) is -4.42. The lowest BCUT2D eigenvalue weighted by molar-refractivity contribution is -0.384. The minimum Gasteiger partial charge on any atom is -0.350 e. The number of nitrogens with zero attached hydrogens (tertiary/aromatic N) is 3. The number of rotatable bonds is 12. The Kier molecular flexibility index (Phi) is 10.5. The van der Waals surface area contributed by atoms with Gasteiger partial charge in [-0.2, -0.15) is 0 Å². The van der Waals surface area contributed by atoms with Crippen molar-refractivity contribution in [1.29, 1.82) is 0 Å². The molecular formula is C34H35FN4O6S. The van der Waals surface area contributed by atoms with E-state index in [0.717, 1.165) is 15.9 Å². The number of nitro groups is 1. The Bertz CT molecular complexity index is 1780.